The summed E-state index contributed by atoms with van der Waals surface area (Å²) in [4.78, 5) is 0. The van der Waals surface area contributed by atoms with Crippen LogP contribution in [0.25, 0.3) is 0 Å². The Morgan fingerprint density at radius 1 is 0.895 bits per heavy atom. The van der Waals surface area contributed by atoms with Crippen LogP contribution in [0.1, 0.15) is 71.6 Å². The fourth-order valence-electron chi connectivity index (χ4n) is 6.78. The maximum Gasteiger partial charge on any atom is -0.0112 e. The van der Waals surface area contributed by atoms with E-state index in [0.717, 1.165) is 23.7 Å². The Morgan fingerprint density at radius 3 is 2.68 bits per heavy atom. The second kappa shape index (κ2) is 4.12. The van der Waals surface area contributed by atoms with E-state index in [4.69, 9.17) is 0 Å². The highest BCUT2D eigenvalue weighted by Crippen LogP contribution is 2.64. The van der Waals surface area contributed by atoms with E-state index in [2.05, 4.69) is 26.0 Å². The van der Waals surface area contributed by atoms with Crippen LogP contribution in [0.4, 0.5) is 0 Å². The minimum Gasteiger partial charge on any atom is -0.0877 e. The minimum absolute atomic E-state index is 0.568. The number of fused-ring (bicyclic) bond motifs is 5. The molecule has 19 heavy (non-hydrogen) atoms. The predicted octanol–water partition coefficient (Wildman–Crippen LogP) is 5.59. The van der Waals surface area contributed by atoms with E-state index in [-0.39, 0.29) is 0 Å². The van der Waals surface area contributed by atoms with Crippen LogP contribution in [0, 0.1) is 34.5 Å². The molecule has 0 saturated heterocycles. The van der Waals surface area contributed by atoms with Crippen molar-refractivity contribution in [3.05, 3.63) is 12.2 Å². The Balaban J connectivity index is 1.65. The molecule has 3 fully saturated rings. The number of allylic oxidation sites excluding steroid dienone is 2. The Hall–Kier alpha value is -0.260. The molecule has 0 aromatic heterocycles. The largest absolute Gasteiger partial charge is 0.0877 e. The van der Waals surface area contributed by atoms with E-state index in [1.54, 1.807) is 19.3 Å². The van der Waals surface area contributed by atoms with E-state index < -0.39 is 0 Å². The Bertz CT molecular complexity index is 395. The van der Waals surface area contributed by atoms with Gasteiger partial charge in [-0.1, -0.05) is 38.8 Å². The van der Waals surface area contributed by atoms with Gasteiger partial charge in [-0.3, -0.25) is 0 Å². The zero-order valence-corrected chi connectivity index (χ0v) is 12.8. The Kier molecular flexibility index (Phi) is 2.71. The quantitative estimate of drug-likeness (QED) is 0.497. The summed E-state index contributed by atoms with van der Waals surface area (Å²) in [5.41, 5.74) is 1.28. The van der Waals surface area contributed by atoms with Crippen LogP contribution in [0.2, 0.25) is 0 Å². The maximum atomic E-state index is 2.68. The monoisotopic (exact) mass is 258 g/mol. The first-order valence-electron chi connectivity index (χ1n) is 8.81. The molecule has 0 radical (unpaired) electrons. The summed E-state index contributed by atoms with van der Waals surface area (Å²) in [6.45, 7) is 5.23. The lowest BCUT2D eigenvalue weighted by molar-refractivity contribution is -0.0969. The molecule has 0 spiro atoms. The number of hydrogen-bond donors (Lipinski definition) is 0. The highest BCUT2D eigenvalue weighted by Gasteiger charge is 2.56. The van der Waals surface area contributed by atoms with E-state index in [1.807, 2.05) is 0 Å². The second-order valence-electron chi connectivity index (χ2n) is 8.59. The van der Waals surface area contributed by atoms with E-state index in [9.17, 15) is 0 Å². The van der Waals surface area contributed by atoms with Crippen LogP contribution in [0.3, 0.4) is 0 Å². The SMILES string of the molecule is C[C@]12CCCC[C@@H]1CC[C@@H]1[C@@H]2CC[C@]2(C)C=CC[C@@H]12. The minimum atomic E-state index is 0.568. The van der Waals surface area contributed by atoms with Crippen LogP contribution in [-0.2, 0) is 0 Å². The average Bonchev–Trinajstić information content (AvgIpc) is 2.79. The fourth-order valence-corrected chi connectivity index (χ4v) is 6.78. The van der Waals surface area contributed by atoms with Crippen LogP contribution >= 0.6 is 0 Å². The second-order valence-corrected chi connectivity index (χ2v) is 8.59. The van der Waals surface area contributed by atoms with Crippen molar-refractivity contribution in [1.29, 1.82) is 0 Å². The first kappa shape index (κ1) is 12.5. The van der Waals surface area contributed by atoms with Crippen LogP contribution in [-0.4, -0.2) is 0 Å². The molecule has 4 aliphatic rings. The van der Waals surface area contributed by atoms with Crippen molar-refractivity contribution < 1.29 is 0 Å². The Morgan fingerprint density at radius 2 is 1.79 bits per heavy atom. The molecule has 3 saturated carbocycles. The summed E-state index contributed by atoms with van der Waals surface area (Å²) < 4.78 is 0. The van der Waals surface area contributed by atoms with Gasteiger partial charge in [-0.25, -0.2) is 0 Å². The smallest absolute Gasteiger partial charge is 0.0112 e. The third-order valence-electron chi connectivity index (χ3n) is 7.91. The number of hydrogen-bond acceptors (Lipinski definition) is 0. The molecule has 4 aliphatic carbocycles. The number of rotatable bonds is 0. The third-order valence-corrected chi connectivity index (χ3v) is 7.91. The first-order chi connectivity index (χ1) is 9.13. The van der Waals surface area contributed by atoms with Gasteiger partial charge in [-0.05, 0) is 79.4 Å². The summed E-state index contributed by atoms with van der Waals surface area (Å²) in [5.74, 6) is 4.17. The Labute approximate surface area is 119 Å². The normalized spacial score (nSPS) is 56.3. The molecule has 0 aliphatic heterocycles. The average molecular weight is 258 g/mol. The van der Waals surface area contributed by atoms with Crippen molar-refractivity contribution in [1.82, 2.24) is 0 Å². The summed E-state index contributed by atoms with van der Waals surface area (Å²) >= 11 is 0. The van der Waals surface area contributed by atoms with Gasteiger partial charge in [-0.2, -0.15) is 0 Å². The molecule has 106 valence electrons. The zero-order valence-electron chi connectivity index (χ0n) is 12.8. The summed E-state index contributed by atoms with van der Waals surface area (Å²) in [5, 5.41) is 0. The summed E-state index contributed by atoms with van der Waals surface area (Å²) in [6, 6.07) is 0. The van der Waals surface area contributed by atoms with Crippen molar-refractivity contribution in [2.45, 2.75) is 71.6 Å². The van der Waals surface area contributed by atoms with Crippen molar-refractivity contribution in [2.24, 2.45) is 34.5 Å². The third kappa shape index (κ3) is 1.64. The zero-order chi connectivity index (χ0) is 13.1. The topological polar surface area (TPSA) is 0 Å². The molecular weight excluding hydrogens is 228 g/mol. The summed E-state index contributed by atoms with van der Waals surface area (Å²) in [6.07, 6.45) is 18.7. The molecule has 4 rings (SSSR count). The van der Waals surface area contributed by atoms with E-state index in [0.29, 0.717) is 10.8 Å². The molecule has 0 aromatic carbocycles. The highest BCUT2D eigenvalue weighted by molar-refractivity contribution is 5.16. The van der Waals surface area contributed by atoms with Gasteiger partial charge in [0.1, 0.15) is 0 Å². The fraction of sp³-hybridized carbons (Fsp3) is 0.895. The predicted molar refractivity (Wildman–Crippen MR) is 80.9 cm³/mol. The molecule has 0 N–H and O–H groups in total. The van der Waals surface area contributed by atoms with Crippen LogP contribution < -0.4 is 0 Å². The van der Waals surface area contributed by atoms with Gasteiger partial charge in [0.15, 0.2) is 0 Å². The molecule has 6 atom stereocenters. The van der Waals surface area contributed by atoms with Gasteiger partial charge in [-0.15, -0.1) is 0 Å². The molecule has 0 bridgehead atoms. The van der Waals surface area contributed by atoms with Gasteiger partial charge < -0.3 is 0 Å². The van der Waals surface area contributed by atoms with Gasteiger partial charge in [0.05, 0.1) is 0 Å². The summed E-state index contributed by atoms with van der Waals surface area (Å²) in [7, 11) is 0. The lowest BCUT2D eigenvalue weighted by Gasteiger charge is -2.59. The molecule has 0 nitrogen and oxygen atoms in total. The lowest BCUT2D eigenvalue weighted by Crippen LogP contribution is -2.51. The van der Waals surface area contributed by atoms with Gasteiger partial charge in [0.2, 0.25) is 0 Å². The van der Waals surface area contributed by atoms with Crippen LogP contribution in [0.15, 0.2) is 12.2 Å². The molecular formula is C19H30. The molecule has 0 amide bonds. The molecule has 0 aromatic rings. The van der Waals surface area contributed by atoms with Gasteiger partial charge in [0, 0.05) is 0 Å². The van der Waals surface area contributed by atoms with E-state index >= 15 is 0 Å². The van der Waals surface area contributed by atoms with Gasteiger partial charge in [0.25, 0.3) is 0 Å². The van der Waals surface area contributed by atoms with E-state index in [1.165, 1.54) is 38.5 Å². The van der Waals surface area contributed by atoms with Crippen LogP contribution in [0.5, 0.6) is 0 Å². The van der Waals surface area contributed by atoms with Crippen molar-refractivity contribution in [2.75, 3.05) is 0 Å². The molecule has 0 unspecified atom stereocenters. The van der Waals surface area contributed by atoms with Crippen molar-refractivity contribution >= 4 is 0 Å². The van der Waals surface area contributed by atoms with Crippen molar-refractivity contribution in [3.8, 4) is 0 Å². The highest BCUT2D eigenvalue weighted by atomic mass is 14.6. The molecule has 0 heteroatoms. The molecule has 0 heterocycles. The van der Waals surface area contributed by atoms with Crippen molar-refractivity contribution in [3.63, 3.8) is 0 Å². The maximum absolute atomic E-state index is 2.68. The standard InChI is InChI=1S/C19H30/c1-18-11-5-7-16(18)15-9-8-14-6-3-4-12-19(14,2)17(15)10-13-18/h5,11,14-17H,3-4,6-10,12-13H2,1-2H3/t14-,15+,16+,17+,18+,19+/m1/s1. The van der Waals surface area contributed by atoms with Gasteiger partial charge >= 0.3 is 0 Å². The first-order valence-corrected chi connectivity index (χ1v) is 8.81. The lowest BCUT2D eigenvalue weighted by atomic mass is 9.45.